The maximum absolute atomic E-state index is 9.25. The minimum Gasteiger partial charge on any atom is -0.494 e. The van der Waals surface area contributed by atoms with E-state index in [1.807, 2.05) is 75.4 Å². The highest BCUT2D eigenvalue weighted by Crippen LogP contribution is 2.18. The average Bonchev–Trinajstić information content (AvgIpc) is 3.00. The first-order valence-corrected chi connectivity index (χ1v) is 15.4. The number of aliphatic carboxylic acids is 1. The summed E-state index contributed by atoms with van der Waals surface area (Å²) in [6, 6.07) is 18.1. The first-order valence-electron chi connectivity index (χ1n) is 14.3. The highest BCUT2D eigenvalue weighted by Gasteiger charge is 2.20. The molecule has 0 aliphatic carbocycles. The number of nitrogens with zero attached hydrogens (tertiary/aromatic N) is 4. The third-order valence-corrected chi connectivity index (χ3v) is 6.55. The second-order valence-corrected chi connectivity index (χ2v) is 10.9. The summed E-state index contributed by atoms with van der Waals surface area (Å²) in [4.78, 5) is 13.7. The van der Waals surface area contributed by atoms with E-state index in [9.17, 15) is 4.79 Å². The Labute approximate surface area is 262 Å². The van der Waals surface area contributed by atoms with Crippen LogP contribution in [0.15, 0.2) is 102 Å². The number of benzene rings is 2. The minimum absolute atomic E-state index is 0.667. The zero-order chi connectivity index (χ0) is 31.9. The number of para-hydroxylation sites is 1. The van der Waals surface area contributed by atoms with Crippen LogP contribution in [0.3, 0.4) is 0 Å². The van der Waals surface area contributed by atoms with Crippen LogP contribution < -0.4 is 9.47 Å². The van der Waals surface area contributed by atoms with E-state index in [0.717, 1.165) is 77.8 Å². The highest BCUT2D eigenvalue weighted by atomic mass is 32.2. The molecule has 1 N–H and O–H groups in total. The van der Waals surface area contributed by atoms with Gasteiger partial charge in [-0.05, 0) is 83.2 Å². The number of carboxylic acids is 1. The van der Waals surface area contributed by atoms with Gasteiger partial charge in [-0.15, -0.1) is 5.10 Å². The molecule has 1 aliphatic rings. The first-order chi connectivity index (χ1) is 20.7. The van der Waals surface area contributed by atoms with Crippen molar-refractivity contribution in [3.63, 3.8) is 0 Å². The molecule has 0 unspecified atom stereocenters. The molecule has 0 radical (unpaired) electrons. The van der Waals surface area contributed by atoms with Gasteiger partial charge in [0.25, 0.3) is 0 Å². The zero-order valence-electron chi connectivity index (χ0n) is 26.4. The average molecular weight is 609 g/mol. The van der Waals surface area contributed by atoms with Gasteiger partial charge in [0.2, 0.25) is 0 Å². The van der Waals surface area contributed by atoms with Crippen LogP contribution in [0, 0.1) is 0 Å². The fraction of sp³-hybridized carbons (Fsp3) is 0.382. The minimum atomic E-state index is -0.981. The van der Waals surface area contributed by atoms with E-state index in [1.54, 1.807) is 11.8 Å². The Morgan fingerprint density at radius 3 is 2.19 bits per heavy atom. The molecule has 3 rings (SSSR count). The van der Waals surface area contributed by atoms with Gasteiger partial charge in [-0.3, -0.25) is 0 Å². The van der Waals surface area contributed by atoms with Gasteiger partial charge < -0.3 is 24.4 Å². The summed E-state index contributed by atoms with van der Waals surface area (Å²) < 4.78 is 11.6. The normalized spacial score (nSPS) is 12.3. The van der Waals surface area contributed by atoms with Gasteiger partial charge in [-0.1, -0.05) is 49.1 Å². The van der Waals surface area contributed by atoms with Crippen LogP contribution >= 0.6 is 11.8 Å². The maximum atomic E-state index is 9.25. The second-order valence-electron chi connectivity index (χ2n) is 9.83. The van der Waals surface area contributed by atoms with Crippen molar-refractivity contribution in [3.05, 3.63) is 97.1 Å². The summed E-state index contributed by atoms with van der Waals surface area (Å²) in [7, 11) is 4.15. The SMILES string of the molecule is C/C=C\C.C=C(C)CN1CC(c2ccc(OCCCN(C)C)cc2)=NN=C1CSCCOc1ccccc1.C=CC(=O)O. The summed E-state index contributed by atoms with van der Waals surface area (Å²) >= 11 is 1.80. The van der Waals surface area contributed by atoms with E-state index in [1.165, 1.54) is 0 Å². The van der Waals surface area contributed by atoms with Crippen LogP contribution in [-0.2, 0) is 4.79 Å². The predicted molar refractivity (Wildman–Crippen MR) is 183 cm³/mol. The monoisotopic (exact) mass is 608 g/mol. The molecule has 0 saturated heterocycles. The third-order valence-electron chi connectivity index (χ3n) is 5.64. The lowest BCUT2D eigenvalue weighted by atomic mass is 10.1. The summed E-state index contributed by atoms with van der Waals surface area (Å²) in [6.45, 7) is 17.0. The van der Waals surface area contributed by atoms with E-state index in [0.29, 0.717) is 13.2 Å². The molecule has 9 heteroatoms. The molecule has 43 heavy (non-hydrogen) atoms. The summed E-state index contributed by atoms with van der Waals surface area (Å²) in [6.07, 6.45) is 5.84. The van der Waals surface area contributed by atoms with Crippen LogP contribution in [0.4, 0.5) is 0 Å². The smallest absolute Gasteiger partial charge is 0.327 e. The molecule has 0 saturated carbocycles. The largest absolute Gasteiger partial charge is 0.494 e. The standard InChI is InChI=1S/C27H36N4O2S.C4H8.C3H4O2/c1-22(2)19-31-20-26(23-11-13-25(14-12-23)32-16-8-15-30(3)4)28-29-27(31)21-34-18-17-33-24-9-6-5-7-10-24;1-3-4-2;1-2-3(4)5/h5-7,9-14H,1,8,15-21H2,2-4H3;3-4H,1-2H3;2H,1H2,(H,4,5)/b;4-3-;. The van der Waals surface area contributed by atoms with Crippen LogP contribution in [0.5, 0.6) is 11.5 Å². The molecule has 0 amide bonds. The van der Waals surface area contributed by atoms with E-state index >= 15 is 0 Å². The molecule has 2 aromatic rings. The number of hydrogen-bond acceptors (Lipinski definition) is 8. The maximum Gasteiger partial charge on any atom is 0.327 e. The molecule has 8 nitrogen and oxygen atoms in total. The topological polar surface area (TPSA) is 87.0 Å². The molecule has 1 heterocycles. The van der Waals surface area contributed by atoms with Gasteiger partial charge in [0.15, 0.2) is 0 Å². The molecule has 0 atom stereocenters. The van der Waals surface area contributed by atoms with E-state index in [2.05, 4.69) is 59.4 Å². The van der Waals surface area contributed by atoms with Gasteiger partial charge in [0, 0.05) is 24.9 Å². The van der Waals surface area contributed by atoms with Gasteiger partial charge >= 0.3 is 5.97 Å². The lowest BCUT2D eigenvalue weighted by molar-refractivity contribution is -0.131. The molecule has 0 bridgehead atoms. The van der Waals surface area contributed by atoms with Crippen molar-refractivity contribution in [2.45, 2.75) is 27.2 Å². The Morgan fingerprint density at radius 2 is 1.63 bits per heavy atom. The van der Waals surface area contributed by atoms with Gasteiger partial charge in [0.1, 0.15) is 17.3 Å². The first kappa shape index (κ1) is 37.2. The van der Waals surface area contributed by atoms with Crippen LogP contribution in [0.25, 0.3) is 0 Å². The summed E-state index contributed by atoms with van der Waals surface area (Å²) in [5.74, 6) is 3.48. The zero-order valence-corrected chi connectivity index (χ0v) is 27.2. The van der Waals surface area contributed by atoms with Gasteiger partial charge in [-0.25, -0.2) is 4.79 Å². The molecule has 234 valence electrons. The molecular formula is C34H48N4O4S. The molecular weight excluding hydrogens is 560 g/mol. The lowest BCUT2D eigenvalue weighted by Crippen LogP contribution is -2.40. The fourth-order valence-corrected chi connectivity index (χ4v) is 4.21. The Kier molecular flexibility index (Phi) is 19.7. The van der Waals surface area contributed by atoms with E-state index in [4.69, 9.17) is 14.6 Å². The number of amidine groups is 1. The Bertz CT molecular complexity index is 1170. The van der Waals surface area contributed by atoms with Crippen molar-refractivity contribution >= 4 is 29.3 Å². The predicted octanol–water partition coefficient (Wildman–Crippen LogP) is 6.66. The number of rotatable bonds is 15. The van der Waals surface area contributed by atoms with Crippen molar-refractivity contribution in [2.75, 3.05) is 58.4 Å². The van der Waals surface area contributed by atoms with Crippen molar-refractivity contribution in [1.82, 2.24) is 9.80 Å². The highest BCUT2D eigenvalue weighted by molar-refractivity contribution is 7.99. The van der Waals surface area contributed by atoms with Crippen molar-refractivity contribution < 1.29 is 19.4 Å². The van der Waals surface area contributed by atoms with Crippen LogP contribution in [0.2, 0.25) is 0 Å². The number of allylic oxidation sites excluding steroid dienone is 2. The number of carbonyl (C=O) groups is 1. The van der Waals surface area contributed by atoms with Crippen LogP contribution in [0.1, 0.15) is 32.8 Å². The number of ether oxygens (including phenoxy) is 2. The number of thioether (sulfide) groups is 1. The fourth-order valence-electron chi connectivity index (χ4n) is 3.44. The summed E-state index contributed by atoms with van der Waals surface area (Å²) in [5, 5.41) is 16.7. The second kappa shape index (κ2) is 22.7. The van der Waals surface area contributed by atoms with Crippen molar-refractivity contribution in [2.24, 2.45) is 10.2 Å². The molecule has 0 spiro atoms. The van der Waals surface area contributed by atoms with E-state index in [-0.39, 0.29) is 0 Å². The van der Waals surface area contributed by atoms with Gasteiger partial charge in [0.05, 0.1) is 31.2 Å². The third kappa shape index (κ3) is 17.7. The Balaban J connectivity index is 0.000000899. The van der Waals surface area contributed by atoms with Crippen molar-refractivity contribution in [3.8, 4) is 11.5 Å². The number of hydrogen-bond donors (Lipinski definition) is 1. The molecule has 2 aromatic carbocycles. The number of carboxylic acid groups (broad SMARTS) is 1. The van der Waals surface area contributed by atoms with Crippen molar-refractivity contribution in [1.29, 1.82) is 0 Å². The summed E-state index contributed by atoms with van der Waals surface area (Å²) in [5.41, 5.74) is 3.13. The lowest BCUT2D eigenvalue weighted by Gasteiger charge is -2.29. The quantitative estimate of drug-likeness (QED) is 0.137. The Hall–Kier alpha value is -3.82. The molecule has 1 aliphatic heterocycles. The molecule has 0 fully saturated rings. The Morgan fingerprint density at radius 1 is 1.02 bits per heavy atom. The van der Waals surface area contributed by atoms with Crippen LogP contribution in [-0.4, -0.2) is 90.9 Å². The molecule has 0 aromatic heterocycles. The van der Waals surface area contributed by atoms with Gasteiger partial charge in [-0.2, -0.15) is 16.9 Å². The van der Waals surface area contributed by atoms with E-state index < -0.39 is 5.97 Å².